The first-order valence-corrected chi connectivity index (χ1v) is 9.53. The van der Waals surface area contributed by atoms with Gasteiger partial charge in [-0.25, -0.2) is 4.98 Å². The van der Waals surface area contributed by atoms with E-state index < -0.39 is 0 Å². The van der Waals surface area contributed by atoms with Crippen molar-refractivity contribution in [1.82, 2.24) is 9.55 Å². The molecule has 2 N–H and O–H groups in total. The smallest absolute Gasteiger partial charge is 0.254 e. The summed E-state index contributed by atoms with van der Waals surface area (Å²) >= 11 is 0. The fourth-order valence-electron chi connectivity index (χ4n) is 4.04. The number of anilines is 1. The van der Waals surface area contributed by atoms with E-state index in [1.54, 1.807) is 13.1 Å². The Morgan fingerprint density at radius 1 is 0.964 bits per heavy atom. The second-order valence-corrected chi connectivity index (χ2v) is 7.53. The number of hydrogen-bond acceptors (Lipinski definition) is 3. The van der Waals surface area contributed by atoms with Gasteiger partial charge in [0, 0.05) is 19.0 Å². The van der Waals surface area contributed by atoms with Crippen LogP contribution in [0.5, 0.6) is 0 Å². The number of benzene rings is 3. The summed E-state index contributed by atoms with van der Waals surface area (Å²) in [4.78, 5) is 16.4. The van der Waals surface area contributed by atoms with Crippen molar-refractivity contribution in [3.8, 4) is 11.1 Å². The molecule has 0 spiro atoms. The molecule has 3 aromatic carbocycles. The minimum atomic E-state index is -0.0977. The molecule has 28 heavy (non-hydrogen) atoms. The van der Waals surface area contributed by atoms with Crippen molar-refractivity contribution in [3.63, 3.8) is 0 Å². The van der Waals surface area contributed by atoms with Crippen LogP contribution in [-0.4, -0.2) is 9.55 Å². The first-order chi connectivity index (χ1) is 13.6. The molecule has 0 bridgehead atoms. The zero-order valence-electron chi connectivity index (χ0n) is 15.7. The molecule has 2 atom stereocenters. The number of hydrogen-bond donors (Lipinski definition) is 1. The van der Waals surface area contributed by atoms with E-state index in [0.29, 0.717) is 5.92 Å². The average Bonchev–Trinajstić information content (AvgIpc) is 3.52. The highest BCUT2D eigenvalue weighted by molar-refractivity contribution is 5.96. The van der Waals surface area contributed by atoms with Crippen molar-refractivity contribution in [2.45, 2.75) is 18.3 Å². The van der Waals surface area contributed by atoms with Crippen molar-refractivity contribution in [2.24, 2.45) is 7.05 Å². The van der Waals surface area contributed by atoms with Crippen LogP contribution in [-0.2, 0) is 7.05 Å². The lowest BCUT2D eigenvalue weighted by Crippen LogP contribution is -2.21. The van der Waals surface area contributed by atoms with Gasteiger partial charge in [-0.1, -0.05) is 66.7 Å². The zero-order chi connectivity index (χ0) is 19.3. The number of nitrogens with zero attached hydrogens (tertiary/aromatic N) is 2. The second-order valence-electron chi connectivity index (χ2n) is 7.53. The van der Waals surface area contributed by atoms with Crippen LogP contribution in [0.2, 0.25) is 0 Å². The number of aromatic nitrogens is 2. The maximum absolute atomic E-state index is 12.0. The second kappa shape index (κ2) is 6.34. The molecule has 1 saturated carbocycles. The fourth-order valence-corrected chi connectivity index (χ4v) is 4.04. The molecule has 0 saturated heterocycles. The fraction of sp³-hybridized carbons (Fsp3) is 0.167. The molecule has 4 nitrogen and oxygen atoms in total. The summed E-state index contributed by atoms with van der Waals surface area (Å²) in [6, 6.07) is 25.3. The summed E-state index contributed by atoms with van der Waals surface area (Å²) < 4.78 is 1.37. The van der Waals surface area contributed by atoms with Gasteiger partial charge in [-0.2, -0.15) is 0 Å². The van der Waals surface area contributed by atoms with Crippen LogP contribution in [0.15, 0.2) is 77.6 Å². The first kappa shape index (κ1) is 16.8. The molecule has 4 heteroatoms. The van der Waals surface area contributed by atoms with Gasteiger partial charge in [0.05, 0.1) is 5.69 Å². The molecule has 0 aliphatic heterocycles. The van der Waals surface area contributed by atoms with Crippen molar-refractivity contribution in [2.75, 3.05) is 5.73 Å². The molecule has 138 valence electrons. The highest BCUT2D eigenvalue weighted by Gasteiger charge is 2.41. The summed E-state index contributed by atoms with van der Waals surface area (Å²) in [7, 11) is 1.64. The Labute approximate surface area is 163 Å². The molecule has 1 aromatic heterocycles. The average molecular weight is 367 g/mol. The van der Waals surface area contributed by atoms with Gasteiger partial charge >= 0.3 is 0 Å². The minimum absolute atomic E-state index is 0.0977. The summed E-state index contributed by atoms with van der Waals surface area (Å²) in [5, 5.41) is 2.52. The molecule has 0 unspecified atom stereocenters. The van der Waals surface area contributed by atoms with Crippen LogP contribution >= 0.6 is 0 Å². The summed E-state index contributed by atoms with van der Waals surface area (Å²) in [6.07, 6.45) is 1.01. The number of fused-ring (bicyclic) bond motifs is 1. The van der Waals surface area contributed by atoms with Gasteiger partial charge in [0.1, 0.15) is 0 Å². The number of rotatable bonds is 3. The molecule has 1 aliphatic rings. The topological polar surface area (TPSA) is 60.9 Å². The van der Waals surface area contributed by atoms with Gasteiger partial charge in [-0.05, 0) is 39.8 Å². The molecule has 0 amide bonds. The minimum Gasteiger partial charge on any atom is -0.369 e. The van der Waals surface area contributed by atoms with Gasteiger partial charge in [-0.15, -0.1) is 0 Å². The molecule has 0 radical (unpaired) electrons. The Balaban J connectivity index is 1.43. The lowest BCUT2D eigenvalue weighted by Gasteiger charge is -2.08. The van der Waals surface area contributed by atoms with E-state index in [4.69, 9.17) is 5.73 Å². The van der Waals surface area contributed by atoms with E-state index >= 15 is 0 Å². The quantitative estimate of drug-likeness (QED) is 0.582. The number of nitrogen functional groups attached to an aromatic ring is 1. The van der Waals surface area contributed by atoms with Crippen molar-refractivity contribution in [3.05, 3.63) is 94.4 Å². The normalized spacial score (nSPS) is 18.3. The Hall–Kier alpha value is -3.40. The predicted molar refractivity (Wildman–Crippen MR) is 113 cm³/mol. The van der Waals surface area contributed by atoms with Gasteiger partial charge < -0.3 is 5.73 Å². The van der Waals surface area contributed by atoms with E-state index in [1.807, 2.05) is 0 Å². The van der Waals surface area contributed by atoms with Crippen LogP contribution in [0.25, 0.3) is 21.9 Å². The lowest BCUT2D eigenvalue weighted by atomic mass is 9.96. The molecule has 5 rings (SSSR count). The molecule has 1 fully saturated rings. The standard InChI is InChI=1S/C24H21N3O/c1-27-23(28)14-22(26-24(27)25)21-13-20(21)17-11-9-16(10-12-17)19-8-4-6-15-5-2-3-7-18(15)19/h2-12,14,20-21H,13H2,1H3,(H2,25,26)/t20-,21-/m0/s1. The van der Waals surface area contributed by atoms with Crippen molar-refractivity contribution < 1.29 is 0 Å². The SMILES string of the molecule is Cn1c(N)nc([C@H]2C[C@H]2c2ccc(-c3cccc4ccccc34)cc2)cc1=O. The van der Waals surface area contributed by atoms with Gasteiger partial charge in [0.15, 0.2) is 0 Å². The number of nitrogens with two attached hydrogens (primary N) is 1. The Morgan fingerprint density at radius 2 is 1.71 bits per heavy atom. The third-order valence-corrected chi connectivity index (χ3v) is 5.80. The van der Waals surface area contributed by atoms with Crippen molar-refractivity contribution >= 4 is 16.7 Å². The monoisotopic (exact) mass is 367 g/mol. The van der Waals surface area contributed by atoms with Crippen LogP contribution in [0, 0.1) is 0 Å². The van der Waals surface area contributed by atoms with E-state index in [2.05, 4.69) is 71.7 Å². The Kier molecular flexibility index (Phi) is 3.79. The van der Waals surface area contributed by atoms with Gasteiger partial charge in [-0.3, -0.25) is 9.36 Å². The molecular weight excluding hydrogens is 346 g/mol. The van der Waals surface area contributed by atoms with E-state index in [1.165, 1.54) is 32.0 Å². The van der Waals surface area contributed by atoms with Gasteiger partial charge in [0.25, 0.3) is 5.56 Å². The maximum Gasteiger partial charge on any atom is 0.254 e. The maximum atomic E-state index is 12.0. The first-order valence-electron chi connectivity index (χ1n) is 9.53. The molecule has 1 heterocycles. The Bertz CT molecular complexity index is 1240. The molecule has 1 aliphatic carbocycles. The highest BCUT2D eigenvalue weighted by atomic mass is 16.1. The van der Waals surface area contributed by atoms with E-state index in [0.717, 1.165) is 12.1 Å². The lowest BCUT2D eigenvalue weighted by molar-refractivity contribution is 0.813. The zero-order valence-corrected chi connectivity index (χ0v) is 15.7. The molecular formula is C24H21N3O. The largest absolute Gasteiger partial charge is 0.369 e. The van der Waals surface area contributed by atoms with Crippen LogP contribution < -0.4 is 11.3 Å². The third-order valence-electron chi connectivity index (χ3n) is 5.80. The Morgan fingerprint density at radius 3 is 2.50 bits per heavy atom. The molecule has 4 aromatic rings. The van der Waals surface area contributed by atoms with Crippen LogP contribution in [0.3, 0.4) is 0 Å². The predicted octanol–water partition coefficient (Wildman–Crippen LogP) is 4.45. The summed E-state index contributed by atoms with van der Waals surface area (Å²) in [6.45, 7) is 0. The third kappa shape index (κ3) is 2.78. The van der Waals surface area contributed by atoms with Crippen molar-refractivity contribution in [1.29, 1.82) is 0 Å². The van der Waals surface area contributed by atoms with E-state index in [9.17, 15) is 4.79 Å². The highest BCUT2D eigenvalue weighted by Crippen LogP contribution is 2.54. The van der Waals surface area contributed by atoms with E-state index in [-0.39, 0.29) is 17.4 Å². The van der Waals surface area contributed by atoms with Gasteiger partial charge in [0.2, 0.25) is 5.95 Å². The summed E-state index contributed by atoms with van der Waals surface area (Å²) in [5.41, 5.74) is 10.3. The van der Waals surface area contributed by atoms with Crippen LogP contribution in [0.1, 0.15) is 29.5 Å². The summed E-state index contributed by atoms with van der Waals surface area (Å²) in [5.74, 6) is 0.958. The van der Waals surface area contributed by atoms with Crippen LogP contribution in [0.4, 0.5) is 5.95 Å².